The third-order valence-corrected chi connectivity index (χ3v) is 5.16. The first-order valence-electron chi connectivity index (χ1n) is 6.96. The Morgan fingerprint density at radius 2 is 2.14 bits per heavy atom. The lowest BCUT2D eigenvalue weighted by molar-refractivity contribution is 0.0940. The number of para-hydroxylation sites is 1. The van der Waals surface area contributed by atoms with Gasteiger partial charge in [0.05, 0.1) is 11.2 Å². The molecular formula is C16H15N3OS. The largest absolute Gasteiger partial charge is 0.397 e. The monoisotopic (exact) mass is 297 g/mol. The van der Waals surface area contributed by atoms with Gasteiger partial charge in [0.1, 0.15) is 9.71 Å². The molecule has 1 amide bonds. The molecule has 5 heteroatoms. The maximum atomic E-state index is 12.4. The van der Waals surface area contributed by atoms with Crippen molar-refractivity contribution in [1.29, 1.82) is 0 Å². The highest BCUT2D eigenvalue weighted by Gasteiger charge is 2.39. The van der Waals surface area contributed by atoms with E-state index < -0.39 is 0 Å². The molecule has 21 heavy (non-hydrogen) atoms. The predicted octanol–water partition coefficient (Wildman–Crippen LogP) is 3.31. The van der Waals surface area contributed by atoms with Crippen molar-refractivity contribution >= 4 is 44.1 Å². The zero-order chi connectivity index (χ0) is 14.6. The summed E-state index contributed by atoms with van der Waals surface area (Å²) in [4.78, 5) is 18.4. The third-order valence-electron chi connectivity index (χ3n) is 4.04. The van der Waals surface area contributed by atoms with Crippen LogP contribution in [0.25, 0.3) is 21.1 Å². The van der Waals surface area contributed by atoms with Gasteiger partial charge in [-0.25, -0.2) is 4.98 Å². The average molecular weight is 297 g/mol. The number of amides is 1. The van der Waals surface area contributed by atoms with E-state index in [1.54, 1.807) is 0 Å². The highest BCUT2D eigenvalue weighted by Crippen LogP contribution is 2.38. The van der Waals surface area contributed by atoms with E-state index in [9.17, 15) is 4.79 Å². The van der Waals surface area contributed by atoms with Crippen LogP contribution < -0.4 is 11.1 Å². The molecular weight excluding hydrogens is 282 g/mol. The Labute approximate surface area is 126 Å². The molecule has 0 saturated heterocycles. The maximum Gasteiger partial charge on any atom is 0.263 e. The van der Waals surface area contributed by atoms with Crippen molar-refractivity contribution in [2.24, 2.45) is 0 Å². The van der Waals surface area contributed by atoms with Gasteiger partial charge in [-0.1, -0.05) is 18.2 Å². The second kappa shape index (κ2) is 4.18. The Bertz CT molecular complexity index is 880. The smallest absolute Gasteiger partial charge is 0.263 e. The highest BCUT2D eigenvalue weighted by molar-refractivity contribution is 7.21. The topological polar surface area (TPSA) is 68.0 Å². The van der Waals surface area contributed by atoms with E-state index in [-0.39, 0.29) is 11.4 Å². The first-order chi connectivity index (χ1) is 10.1. The Hall–Kier alpha value is -2.14. The van der Waals surface area contributed by atoms with Crippen molar-refractivity contribution < 1.29 is 4.79 Å². The summed E-state index contributed by atoms with van der Waals surface area (Å²) in [7, 11) is 0. The molecule has 4 nitrogen and oxygen atoms in total. The van der Waals surface area contributed by atoms with Gasteiger partial charge in [-0.15, -0.1) is 11.3 Å². The molecule has 106 valence electrons. The summed E-state index contributed by atoms with van der Waals surface area (Å²) in [6, 6.07) is 9.91. The number of benzene rings is 1. The van der Waals surface area contributed by atoms with Crippen molar-refractivity contribution in [2.45, 2.75) is 25.3 Å². The molecule has 3 aromatic rings. The molecule has 2 heterocycles. The van der Waals surface area contributed by atoms with Gasteiger partial charge in [-0.3, -0.25) is 4.79 Å². The van der Waals surface area contributed by atoms with E-state index in [0.29, 0.717) is 10.6 Å². The Kier molecular flexibility index (Phi) is 2.50. The van der Waals surface area contributed by atoms with Crippen molar-refractivity contribution in [3.63, 3.8) is 0 Å². The van der Waals surface area contributed by atoms with E-state index in [0.717, 1.165) is 34.0 Å². The van der Waals surface area contributed by atoms with Crippen LogP contribution in [0.2, 0.25) is 0 Å². The lowest BCUT2D eigenvalue weighted by atomic mass is 10.1. The number of anilines is 1. The molecule has 4 rings (SSSR count). The van der Waals surface area contributed by atoms with E-state index in [1.807, 2.05) is 30.3 Å². The minimum atomic E-state index is -0.0837. The average Bonchev–Trinajstić information content (AvgIpc) is 3.10. The van der Waals surface area contributed by atoms with Crippen LogP contribution in [0, 0.1) is 0 Å². The van der Waals surface area contributed by atoms with Gasteiger partial charge < -0.3 is 11.1 Å². The van der Waals surface area contributed by atoms with Gasteiger partial charge in [0.2, 0.25) is 0 Å². The molecule has 1 aromatic carbocycles. The van der Waals surface area contributed by atoms with Gasteiger partial charge >= 0.3 is 0 Å². The quantitative estimate of drug-likeness (QED) is 0.762. The van der Waals surface area contributed by atoms with Crippen molar-refractivity contribution in [2.75, 3.05) is 5.73 Å². The number of aromatic nitrogens is 1. The maximum absolute atomic E-state index is 12.4. The molecule has 1 aliphatic rings. The fourth-order valence-corrected chi connectivity index (χ4v) is 3.43. The summed E-state index contributed by atoms with van der Waals surface area (Å²) in [5.41, 5.74) is 7.60. The fraction of sp³-hybridized carbons (Fsp3) is 0.250. The lowest BCUT2D eigenvalue weighted by Gasteiger charge is -2.10. The van der Waals surface area contributed by atoms with E-state index in [2.05, 4.69) is 17.2 Å². The van der Waals surface area contributed by atoms with Crippen LogP contribution in [0.4, 0.5) is 5.69 Å². The Morgan fingerprint density at radius 1 is 1.38 bits per heavy atom. The van der Waals surface area contributed by atoms with Crippen LogP contribution in [0.5, 0.6) is 0 Å². The van der Waals surface area contributed by atoms with Gasteiger partial charge in [-0.05, 0) is 31.9 Å². The first kappa shape index (κ1) is 12.6. The molecule has 1 aliphatic carbocycles. The van der Waals surface area contributed by atoms with Crippen LogP contribution >= 0.6 is 11.3 Å². The molecule has 0 atom stereocenters. The van der Waals surface area contributed by atoms with Gasteiger partial charge in [-0.2, -0.15) is 0 Å². The van der Waals surface area contributed by atoms with E-state index in [4.69, 9.17) is 5.73 Å². The van der Waals surface area contributed by atoms with E-state index in [1.165, 1.54) is 11.3 Å². The van der Waals surface area contributed by atoms with Crippen LogP contribution in [-0.2, 0) is 0 Å². The van der Waals surface area contributed by atoms with Crippen LogP contribution in [0.3, 0.4) is 0 Å². The predicted molar refractivity (Wildman–Crippen MR) is 86.6 cm³/mol. The molecule has 0 bridgehead atoms. The summed E-state index contributed by atoms with van der Waals surface area (Å²) < 4.78 is 0. The van der Waals surface area contributed by atoms with E-state index >= 15 is 0 Å². The number of pyridine rings is 1. The number of carbonyl (C=O) groups is 1. The number of thiophene rings is 1. The molecule has 0 aliphatic heterocycles. The summed E-state index contributed by atoms with van der Waals surface area (Å²) in [5.74, 6) is -0.0837. The number of carbonyl (C=O) groups excluding carboxylic acids is 1. The molecule has 0 radical (unpaired) electrons. The van der Waals surface area contributed by atoms with Gasteiger partial charge in [0.15, 0.2) is 0 Å². The van der Waals surface area contributed by atoms with Crippen molar-refractivity contribution in [1.82, 2.24) is 10.3 Å². The summed E-state index contributed by atoms with van der Waals surface area (Å²) >= 11 is 1.37. The standard InChI is InChI=1S/C16H15N3OS/c1-16(6-7-16)19-14(20)13-12(17)10-8-9-4-2-3-5-11(9)18-15(10)21-13/h2-5,8H,6-7,17H2,1H3,(H,19,20). The number of nitrogen functional groups attached to an aromatic ring is 1. The summed E-state index contributed by atoms with van der Waals surface area (Å²) in [6.07, 6.45) is 2.07. The van der Waals surface area contributed by atoms with Crippen LogP contribution in [0.1, 0.15) is 29.4 Å². The van der Waals surface area contributed by atoms with Crippen molar-refractivity contribution in [3.8, 4) is 0 Å². The number of hydrogen-bond donors (Lipinski definition) is 2. The first-order valence-corrected chi connectivity index (χ1v) is 7.78. The molecule has 0 spiro atoms. The Morgan fingerprint density at radius 3 is 2.90 bits per heavy atom. The number of rotatable bonds is 2. The SMILES string of the molecule is CC1(NC(=O)c2sc3nc4ccccc4cc3c2N)CC1. The summed E-state index contributed by atoms with van der Waals surface area (Å²) in [6.45, 7) is 2.06. The molecule has 1 saturated carbocycles. The second-order valence-corrected chi connectivity index (χ2v) is 6.89. The molecule has 3 N–H and O–H groups in total. The number of nitrogens with two attached hydrogens (primary N) is 1. The molecule has 1 fully saturated rings. The second-order valence-electron chi connectivity index (χ2n) is 5.89. The highest BCUT2D eigenvalue weighted by atomic mass is 32.1. The minimum absolute atomic E-state index is 0.0438. The Balaban J connectivity index is 1.84. The van der Waals surface area contributed by atoms with Crippen molar-refractivity contribution in [3.05, 3.63) is 35.2 Å². The normalized spacial score (nSPS) is 16.2. The van der Waals surface area contributed by atoms with Crippen LogP contribution in [-0.4, -0.2) is 16.4 Å². The lowest BCUT2D eigenvalue weighted by Crippen LogP contribution is -2.34. The number of nitrogens with zero attached hydrogens (tertiary/aromatic N) is 1. The van der Waals surface area contributed by atoms with Gasteiger partial charge in [0.25, 0.3) is 5.91 Å². The third kappa shape index (κ3) is 2.05. The fourth-order valence-electron chi connectivity index (χ4n) is 2.46. The number of fused-ring (bicyclic) bond motifs is 2. The molecule has 0 unspecified atom stereocenters. The number of hydrogen-bond acceptors (Lipinski definition) is 4. The van der Waals surface area contributed by atoms with Gasteiger partial charge in [0, 0.05) is 16.3 Å². The zero-order valence-corrected chi connectivity index (χ0v) is 12.5. The number of nitrogens with one attached hydrogen (secondary N) is 1. The summed E-state index contributed by atoms with van der Waals surface area (Å²) in [5, 5.41) is 4.96. The zero-order valence-electron chi connectivity index (χ0n) is 11.6. The van der Waals surface area contributed by atoms with Crippen LogP contribution in [0.15, 0.2) is 30.3 Å². The minimum Gasteiger partial charge on any atom is -0.397 e. The molecule has 2 aromatic heterocycles.